The maximum atomic E-state index is 10.6. The van der Waals surface area contributed by atoms with Crippen molar-refractivity contribution in [1.29, 1.82) is 0 Å². The molecule has 1 N–H and O–H groups in total. The number of carbonyl (C=O) groups is 1. The molecule has 0 fully saturated rings. The van der Waals surface area contributed by atoms with Gasteiger partial charge in [-0.3, -0.25) is 4.79 Å². The highest BCUT2D eigenvalue weighted by Crippen LogP contribution is 2.20. The van der Waals surface area contributed by atoms with E-state index >= 15 is 0 Å². The summed E-state index contributed by atoms with van der Waals surface area (Å²) in [6.07, 6.45) is 3.36. The third kappa shape index (κ3) is 1.36. The lowest BCUT2D eigenvalue weighted by atomic mass is 9.96. The lowest BCUT2D eigenvalue weighted by molar-refractivity contribution is -0.144. The van der Waals surface area contributed by atoms with Gasteiger partial charge in [0.05, 0.1) is 18.3 Å². The van der Waals surface area contributed by atoms with Crippen LogP contribution < -0.4 is 0 Å². The van der Waals surface area contributed by atoms with Crippen LogP contribution in [0.4, 0.5) is 0 Å². The van der Waals surface area contributed by atoms with Crippen molar-refractivity contribution in [3.8, 4) is 0 Å². The van der Waals surface area contributed by atoms with Crippen LogP contribution in [0.3, 0.4) is 0 Å². The minimum Gasteiger partial charge on any atom is -0.435 e. The highest BCUT2D eigenvalue weighted by atomic mass is 16.5. The second kappa shape index (κ2) is 2.42. The summed E-state index contributed by atoms with van der Waals surface area (Å²) >= 11 is 0. The van der Waals surface area contributed by atoms with E-state index in [1.807, 2.05) is 6.92 Å². The molecule has 0 saturated heterocycles. The molecule has 1 atom stereocenters. The molecule has 3 heteroatoms. The third-order valence-corrected chi connectivity index (χ3v) is 1.64. The van der Waals surface area contributed by atoms with E-state index in [1.54, 1.807) is 0 Å². The molecule has 0 aromatic heterocycles. The summed E-state index contributed by atoms with van der Waals surface area (Å²) < 4.78 is 4.50. The van der Waals surface area contributed by atoms with Crippen molar-refractivity contribution < 1.29 is 14.6 Å². The van der Waals surface area contributed by atoms with Crippen LogP contribution >= 0.6 is 0 Å². The summed E-state index contributed by atoms with van der Waals surface area (Å²) in [5, 5.41) is 9.46. The highest BCUT2D eigenvalue weighted by molar-refractivity contribution is 5.72. The number of rotatable bonds is 1. The van der Waals surface area contributed by atoms with Crippen LogP contribution in [-0.4, -0.2) is 16.7 Å². The monoisotopic (exact) mass is 142 g/mol. The summed E-state index contributed by atoms with van der Waals surface area (Å²) in [4.78, 5) is 10.6. The van der Waals surface area contributed by atoms with Crippen LogP contribution in [0, 0.1) is 0 Å². The van der Waals surface area contributed by atoms with Crippen LogP contribution in [0.25, 0.3) is 0 Å². The van der Waals surface area contributed by atoms with Gasteiger partial charge in [-0.25, -0.2) is 0 Å². The normalized spacial score (nSPS) is 32.0. The van der Waals surface area contributed by atoms with E-state index in [0.717, 1.165) is 0 Å². The lowest BCUT2D eigenvalue weighted by Crippen LogP contribution is -2.31. The molecule has 0 aliphatic carbocycles. The standard InChI is InChI=1S/C7H10O3/c1-2-7(9)3-4-10-6(8)5-7/h3-4,9H,2,5H2,1H3. The predicted molar refractivity (Wildman–Crippen MR) is 35.1 cm³/mol. The lowest BCUT2D eigenvalue weighted by Gasteiger charge is -2.23. The van der Waals surface area contributed by atoms with Gasteiger partial charge in [0.1, 0.15) is 0 Å². The predicted octanol–water partition coefficient (Wildman–Crippen LogP) is 0.588. The van der Waals surface area contributed by atoms with E-state index in [9.17, 15) is 9.90 Å². The number of ether oxygens (including phenoxy) is 1. The third-order valence-electron chi connectivity index (χ3n) is 1.64. The van der Waals surface area contributed by atoms with Gasteiger partial charge >= 0.3 is 5.97 Å². The second-order valence-electron chi connectivity index (χ2n) is 2.43. The van der Waals surface area contributed by atoms with E-state index in [1.165, 1.54) is 12.3 Å². The summed E-state index contributed by atoms with van der Waals surface area (Å²) in [5.41, 5.74) is -0.963. The van der Waals surface area contributed by atoms with E-state index in [2.05, 4.69) is 4.74 Å². The fraction of sp³-hybridized carbons (Fsp3) is 0.571. The Morgan fingerprint density at radius 1 is 1.90 bits per heavy atom. The largest absolute Gasteiger partial charge is 0.435 e. The van der Waals surface area contributed by atoms with Crippen LogP contribution in [0.5, 0.6) is 0 Å². The Balaban J connectivity index is 2.71. The van der Waals surface area contributed by atoms with E-state index in [4.69, 9.17) is 0 Å². The molecule has 1 heterocycles. The van der Waals surface area contributed by atoms with E-state index in [-0.39, 0.29) is 12.4 Å². The Morgan fingerprint density at radius 3 is 3.00 bits per heavy atom. The van der Waals surface area contributed by atoms with Crippen molar-refractivity contribution in [1.82, 2.24) is 0 Å². The van der Waals surface area contributed by atoms with Crippen LogP contribution in [-0.2, 0) is 9.53 Å². The maximum absolute atomic E-state index is 10.6. The number of aliphatic hydroxyl groups is 1. The molecule has 0 saturated carbocycles. The summed E-state index contributed by atoms with van der Waals surface area (Å²) in [6, 6.07) is 0. The topological polar surface area (TPSA) is 46.5 Å². The second-order valence-corrected chi connectivity index (χ2v) is 2.43. The van der Waals surface area contributed by atoms with E-state index < -0.39 is 5.60 Å². The fourth-order valence-corrected chi connectivity index (χ4v) is 0.830. The average molecular weight is 142 g/mol. The molecule has 0 bridgehead atoms. The van der Waals surface area contributed by atoms with Gasteiger partial charge in [0, 0.05) is 0 Å². The van der Waals surface area contributed by atoms with Gasteiger partial charge in [-0.1, -0.05) is 6.92 Å². The van der Waals surface area contributed by atoms with Crippen molar-refractivity contribution in [3.63, 3.8) is 0 Å². The highest BCUT2D eigenvalue weighted by Gasteiger charge is 2.28. The number of hydrogen-bond donors (Lipinski definition) is 1. The van der Waals surface area contributed by atoms with Crippen molar-refractivity contribution in [2.24, 2.45) is 0 Å². The zero-order chi connectivity index (χ0) is 7.61. The van der Waals surface area contributed by atoms with Gasteiger partial charge < -0.3 is 9.84 Å². The van der Waals surface area contributed by atoms with Gasteiger partial charge in [0.15, 0.2) is 0 Å². The molecule has 10 heavy (non-hydrogen) atoms. The van der Waals surface area contributed by atoms with Crippen LogP contribution in [0.1, 0.15) is 19.8 Å². The molecule has 0 amide bonds. The first-order valence-corrected chi connectivity index (χ1v) is 3.26. The molecule has 0 aromatic rings. The van der Waals surface area contributed by atoms with Crippen LogP contribution in [0.2, 0.25) is 0 Å². The van der Waals surface area contributed by atoms with Gasteiger partial charge in [0.2, 0.25) is 0 Å². The Labute approximate surface area is 59.3 Å². The SMILES string of the molecule is CCC1(O)C=COC(=O)C1. The molecule has 1 unspecified atom stereocenters. The zero-order valence-electron chi connectivity index (χ0n) is 5.83. The van der Waals surface area contributed by atoms with Gasteiger partial charge in [-0.15, -0.1) is 0 Å². The molecule has 0 spiro atoms. The molecule has 0 radical (unpaired) electrons. The number of esters is 1. The fourth-order valence-electron chi connectivity index (χ4n) is 0.830. The number of cyclic esters (lactones) is 1. The molecule has 3 nitrogen and oxygen atoms in total. The Hall–Kier alpha value is -0.830. The molecular formula is C7H10O3. The molecule has 0 aromatic carbocycles. The van der Waals surface area contributed by atoms with Crippen molar-refractivity contribution in [3.05, 3.63) is 12.3 Å². The Bertz CT molecular complexity index is 174. The quantitative estimate of drug-likeness (QED) is 0.545. The number of carbonyl (C=O) groups excluding carboxylic acids is 1. The molecule has 1 aliphatic heterocycles. The van der Waals surface area contributed by atoms with Gasteiger partial charge in [-0.2, -0.15) is 0 Å². The van der Waals surface area contributed by atoms with Gasteiger partial charge in [-0.05, 0) is 12.5 Å². The first-order chi connectivity index (χ1) is 4.66. The maximum Gasteiger partial charge on any atom is 0.313 e. The average Bonchev–Trinajstić information content (AvgIpc) is 1.88. The Morgan fingerprint density at radius 2 is 2.60 bits per heavy atom. The Kier molecular flexibility index (Phi) is 1.76. The zero-order valence-corrected chi connectivity index (χ0v) is 5.83. The van der Waals surface area contributed by atoms with Gasteiger partial charge in [0.25, 0.3) is 0 Å². The van der Waals surface area contributed by atoms with Crippen molar-refractivity contribution in [2.45, 2.75) is 25.4 Å². The number of hydrogen-bond acceptors (Lipinski definition) is 3. The minimum absolute atomic E-state index is 0.0694. The summed E-state index contributed by atoms with van der Waals surface area (Å²) in [6.45, 7) is 1.82. The van der Waals surface area contributed by atoms with Crippen molar-refractivity contribution >= 4 is 5.97 Å². The molecule has 56 valence electrons. The first-order valence-electron chi connectivity index (χ1n) is 3.26. The minimum atomic E-state index is -0.963. The molecule has 1 aliphatic rings. The van der Waals surface area contributed by atoms with E-state index in [0.29, 0.717) is 6.42 Å². The summed E-state index contributed by atoms with van der Waals surface area (Å²) in [5.74, 6) is -0.369. The smallest absolute Gasteiger partial charge is 0.313 e. The first kappa shape index (κ1) is 7.28. The van der Waals surface area contributed by atoms with Crippen LogP contribution in [0.15, 0.2) is 12.3 Å². The summed E-state index contributed by atoms with van der Waals surface area (Å²) in [7, 11) is 0. The van der Waals surface area contributed by atoms with Crippen molar-refractivity contribution in [2.75, 3.05) is 0 Å². The molecule has 1 rings (SSSR count). The molecular weight excluding hydrogens is 132 g/mol.